The van der Waals surface area contributed by atoms with Crippen LogP contribution in [0.15, 0.2) is 29.2 Å². The van der Waals surface area contributed by atoms with E-state index in [0.717, 1.165) is 25.7 Å². The van der Waals surface area contributed by atoms with Gasteiger partial charge in [0.25, 0.3) is 0 Å². The fourth-order valence-corrected chi connectivity index (χ4v) is 4.38. The molecule has 4 nitrogen and oxygen atoms in total. The second kappa shape index (κ2) is 7.80. The number of para-hydroxylation sites is 1. The maximum Gasteiger partial charge on any atom is 0.242 e. The normalized spacial score (nSPS) is 18.0. The molecule has 0 bridgehead atoms. The molecule has 1 aliphatic rings. The molecule has 1 aromatic carbocycles. The van der Waals surface area contributed by atoms with E-state index in [4.69, 9.17) is 0 Å². The van der Waals surface area contributed by atoms with E-state index in [-0.39, 0.29) is 6.04 Å². The first-order chi connectivity index (χ1) is 10.1. The zero-order valence-electron chi connectivity index (χ0n) is 12.8. The summed E-state index contributed by atoms with van der Waals surface area (Å²) >= 11 is 0. The monoisotopic (exact) mass is 310 g/mol. The molecule has 1 saturated carbocycles. The van der Waals surface area contributed by atoms with Crippen molar-refractivity contribution in [3.05, 3.63) is 24.3 Å². The molecule has 5 heteroatoms. The van der Waals surface area contributed by atoms with Crippen LogP contribution in [0.5, 0.6) is 0 Å². The van der Waals surface area contributed by atoms with E-state index in [2.05, 4.69) is 10.0 Å². The molecule has 2 N–H and O–H groups in total. The quantitative estimate of drug-likeness (QED) is 0.875. The Bertz CT molecular complexity index is 535. The van der Waals surface area contributed by atoms with Crippen molar-refractivity contribution in [1.29, 1.82) is 0 Å². The van der Waals surface area contributed by atoms with Gasteiger partial charge in [0.1, 0.15) is 4.90 Å². The Morgan fingerprint density at radius 3 is 2.33 bits per heavy atom. The third-order valence-electron chi connectivity index (χ3n) is 3.97. The van der Waals surface area contributed by atoms with E-state index in [0.29, 0.717) is 17.1 Å². The summed E-state index contributed by atoms with van der Waals surface area (Å²) in [5, 5.41) is 3.12. The minimum Gasteiger partial charge on any atom is -0.384 e. The lowest BCUT2D eigenvalue weighted by Crippen LogP contribution is -2.35. The van der Waals surface area contributed by atoms with Crippen LogP contribution in [0.1, 0.15) is 51.9 Å². The zero-order valence-corrected chi connectivity index (χ0v) is 13.6. The van der Waals surface area contributed by atoms with Gasteiger partial charge in [-0.15, -0.1) is 0 Å². The molecule has 0 heterocycles. The lowest BCUT2D eigenvalue weighted by Gasteiger charge is -2.21. The van der Waals surface area contributed by atoms with E-state index in [1.165, 1.54) is 19.3 Å². The van der Waals surface area contributed by atoms with Crippen LogP contribution in [0.3, 0.4) is 0 Å². The Labute approximate surface area is 128 Å². The smallest absolute Gasteiger partial charge is 0.242 e. The molecule has 1 fully saturated rings. The SMILES string of the molecule is CCNc1ccccc1S(=O)(=O)NC1CCCCCCC1. The second-order valence-electron chi connectivity index (χ2n) is 5.69. The van der Waals surface area contributed by atoms with Gasteiger partial charge in [-0.3, -0.25) is 0 Å². The molecule has 0 spiro atoms. The highest BCUT2D eigenvalue weighted by atomic mass is 32.2. The molecule has 1 aromatic rings. The summed E-state index contributed by atoms with van der Waals surface area (Å²) in [7, 11) is -3.45. The zero-order chi connectivity index (χ0) is 15.1. The van der Waals surface area contributed by atoms with E-state index >= 15 is 0 Å². The average molecular weight is 310 g/mol. The number of hydrogen-bond acceptors (Lipinski definition) is 3. The molecular weight excluding hydrogens is 284 g/mol. The number of sulfonamides is 1. The van der Waals surface area contributed by atoms with Crippen molar-refractivity contribution < 1.29 is 8.42 Å². The second-order valence-corrected chi connectivity index (χ2v) is 7.37. The fourth-order valence-electron chi connectivity index (χ4n) is 2.89. The number of hydrogen-bond donors (Lipinski definition) is 2. The number of benzene rings is 1. The van der Waals surface area contributed by atoms with Crippen LogP contribution < -0.4 is 10.0 Å². The highest BCUT2D eigenvalue weighted by Crippen LogP contribution is 2.23. The van der Waals surface area contributed by atoms with Crippen molar-refractivity contribution >= 4 is 15.7 Å². The van der Waals surface area contributed by atoms with Crippen LogP contribution in [-0.4, -0.2) is 21.0 Å². The van der Waals surface area contributed by atoms with Gasteiger partial charge in [0.05, 0.1) is 5.69 Å². The lowest BCUT2D eigenvalue weighted by molar-refractivity contribution is 0.426. The minimum atomic E-state index is -3.45. The van der Waals surface area contributed by atoms with Gasteiger partial charge in [-0.05, 0) is 31.9 Å². The Hall–Kier alpha value is -1.07. The van der Waals surface area contributed by atoms with Gasteiger partial charge in [0.15, 0.2) is 0 Å². The summed E-state index contributed by atoms with van der Waals surface area (Å²) in [6.45, 7) is 2.67. The molecular formula is C16H26N2O2S. The van der Waals surface area contributed by atoms with Crippen molar-refractivity contribution in [3.63, 3.8) is 0 Å². The molecule has 21 heavy (non-hydrogen) atoms. The average Bonchev–Trinajstić information content (AvgIpc) is 2.42. The Balaban J connectivity index is 2.13. The van der Waals surface area contributed by atoms with Crippen LogP contribution in [0.2, 0.25) is 0 Å². The van der Waals surface area contributed by atoms with E-state index in [1.807, 2.05) is 19.1 Å². The van der Waals surface area contributed by atoms with Crippen LogP contribution in [0.25, 0.3) is 0 Å². The highest BCUT2D eigenvalue weighted by Gasteiger charge is 2.22. The van der Waals surface area contributed by atoms with Crippen molar-refractivity contribution in [2.24, 2.45) is 0 Å². The molecule has 0 atom stereocenters. The maximum absolute atomic E-state index is 12.6. The summed E-state index contributed by atoms with van der Waals surface area (Å²) in [4.78, 5) is 0.355. The minimum absolute atomic E-state index is 0.0741. The van der Waals surface area contributed by atoms with Gasteiger partial charge < -0.3 is 5.32 Å². The van der Waals surface area contributed by atoms with Crippen LogP contribution in [0, 0.1) is 0 Å². The molecule has 0 saturated heterocycles. The molecule has 118 valence electrons. The van der Waals surface area contributed by atoms with Crippen molar-refractivity contribution in [2.45, 2.75) is 62.8 Å². The molecule has 1 aliphatic carbocycles. The Kier molecular flexibility index (Phi) is 6.06. The number of rotatable bonds is 5. The van der Waals surface area contributed by atoms with Gasteiger partial charge in [0.2, 0.25) is 10.0 Å². The van der Waals surface area contributed by atoms with Gasteiger partial charge in [-0.25, -0.2) is 13.1 Å². The molecule has 0 unspecified atom stereocenters. The number of nitrogens with one attached hydrogen (secondary N) is 2. The fraction of sp³-hybridized carbons (Fsp3) is 0.625. The first-order valence-electron chi connectivity index (χ1n) is 7.98. The summed E-state index contributed by atoms with van der Waals surface area (Å²) < 4.78 is 28.2. The van der Waals surface area contributed by atoms with E-state index in [1.54, 1.807) is 12.1 Å². The maximum atomic E-state index is 12.6. The predicted molar refractivity (Wildman–Crippen MR) is 87.0 cm³/mol. The Morgan fingerprint density at radius 1 is 1.05 bits per heavy atom. The van der Waals surface area contributed by atoms with E-state index < -0.39 is 10.0 Å². The summed E-state index contributed by atoms with van der Waals surface area (Å²) in [6, 6.07) is 7.18. The predicted octanol–water partition coefficient (Wildman–Crippen LogP) is 3.51. The third-order valence-corrected chi connectivity index (χ3v) is 5.55. The number of anilines is 1. The molecule has 0 radical (unpaired) electrons. The summed E-state index contributed by atoms with van der Waals surface area (Å²) in [5.41, 5.74) is 0.679. The van der Waals surface area contributed by atoms with Gasteiger partial charge in [0, 0.05) is 12.6 Å². The van der Waals surface area contributed by atoms with Crippen molar-refractivity contribution in [3.8, 4) is 0 Å². The first-order valence-corrected chi connectivity index (χ1v) is 9.47. The van der Waals surface area contributed by atoms with Crippen molar-refractivity contribution in [1.82, 2.24) is 4.72 Å². The topological polar surface area (TPSA) is 58.2 Å². The lowest BCUT2D eigenvalue weighted by atomic mass is 9.97. The molecule has 0 aromatic heterocycles. The van der Waals surface area contributed by atoms with Crippen LogP contribution in [0.4, 0.5) is 5.69 Å². The standard InChI is InChI=1S/C16H26N2O2S/c1-2-17-15-12-8-9-13-16(15)21(19,20)18-14-10-6-4-3-5-7-11-14/h8-9,12-14,17-18H,2-7,10-11H2,1H3. The third kappa shape index (κ3) is 4.71. The molecule has 2 rings (SSSR count). The highest BCUT2D eigenvalue weighted by molar-refractivity contribution is 7.89. The molecule has 0 aliphatic heterocycles. The van der Waals surface area contributed by atoms with Gasteiger partial charge in [-0.2, -0.15) is 0 Å². The summed E-state index contributed by atoms with van der Waals surface area (Å²) in [6.07, 6.45) is 7.83. The van der Waals surface area contributed by atoms with E-state index in [9.17, 15) is 8.42 Å². The van der Waals surface area contributed by atoms with Crippen LogP contribution >= 0.6 is 0 Å². The first kappa shape index (κ1) is 16.3. The van der Waals surface area contributed by atoms with Gasteiger partial charge in [-0.1, -0.05) is 44.2 Å². The molecule has 0 amide bonds. The Morgan fingerprint density at radius 2 is 1.67 bits per heavy atom. The summed E-state index contributed by atoms with van der Waals surface area (Å²) in [5.74, 6) is 0. The van der Waals surface area contributed by atoms with Crippen molar-refractivity contribution in [2.75, 3.05) is 11.9 Å². The van der Waals surface area contributed by atoms with Gasteiger partial charge >= 0.3 is 0 Å². The largest absolute Gasteiger partial charge is 0.384 e. The van der Waals surface area contributed by atoms with Crippen LogP contribution in [-0.2, 0) is 10.0 Å².